The smallest absolute Gasteiger partial charge is 0.326 e. The minimum absolute atomic E-state index is 0.00671. The zero-order valence-corrected chi connectivity index (χ0v) is 21.4. The van der Waals surface area contributed by atoms with E-state index in [1.165, 1.54) is 38.2 Å². The molecular weight excluding hydrogens is 482 g/mol. The lowest BCUT2D eigenvalue weighted by Gasteiger charge is -2.14. The first-order valence-electron chi connectivity index (χ1n) is 12.8. The molecule has 0 saturated carbocycles. The van der Waals surface area contributed by atoms with Gasteiger partial charge < -0.3 is 37.1 Å². The van der Waals surface area contributed by atoms with E-state index < -0.39 is 36.3 Å². The van der Waals surface area contributed by atoms with E-state index in [0.29, 0.717) is 12.1 Å². The minimum Gasteiger partial charge on any atom is -0.480 e. The van der Waals surface area contributed by atoms with Crippen molar-refractivity contribution in [2.75, 3.05) is 26.2 Å². The molecular formula is C24H41N7O6. The van der Waals surface area contributed by atoms with Crippen molar-refractivity contribution in [1.29, 1.82) is 0 Å². The number of aromatic nitrogens is 2. The number of carbonyl (C=O) groups is 5. The van der Waals surface area contributed by atoms with Crippen molar-refractivity contribution in [3.8, 4) is 0 Å². The summed E-state index contributed by atoms with van der Waals surface area (Å²) in [6.07, 6.45) is 13.1. The van der Waals surface area contributed by atoms with Crippen LogP contribution in [0, 0.1) is 0 Å². The number of hydrogen-bond acceptors (Lipinski definition) is 7. The largest absolute Gasteiger partial charge is 0.480 e. The summed E-state index contributed by atoms with van der Waals surface area (Å²) in [5.41, 5.74) is 6.00. The summed E-state index contributed by atoms with van der Waals surface area (Å²) < 4.78 is 0. The van der Waals surface area contributed by atoms with Crippen molar-refractivity contribution < 1.29 is 29.1 Å². The van der Waals surface area contributed by atoms with E-state index in [-0.39, 0.29) is 25.4 Å². The molecule has 4 amide bonds. The predicted octanol–water partition coefficient (Wildman–Crippen LogP) is -0.270. The van der Waals surface area contributed by atoms with Crippen molar-refractivity contribution in [3.05, 3.63) is 18.2 Å². The summed E-state index contributed by atoms with van der Waals surface area (Å²) in [5.74, 6) is -3.31. The van der Waals surface area contributed by atoms with Crippen LogP contribution in [0.3, 0.4) is 0 Å². The quantitative estimate of drug-likeness (QED) is 0.106. The Morgan fingerprint density at radius 3 is 1.81 bits per heavy atom. The van der Waals surface area contributed by atoms with Crippen molar-refractivity contribution >= 4 is 29.6 Å². The zero-order chi connectivity index (χ0) is 27.3. The highest BCUT2D eigenvalue weighted by Gasteiger charge is 2.21. The van der Waals surface area contributed by atoms with Crippen LogP contribution in [0.2, 0.25) is 0 Å². The number of imidazole rings is 1. The van der Waals surface area contributed by atoms with Crippen LogP contribution in [-0.4, -0.2) is 76.9 Å². The Balaban J connectivity index is 2.07. The number of rotatable bonds is 21. The SMILES string of the molecule is NCCCCCCCCCCCC(=O)NCC(=O)NCC(=O)NCC(=O)NC(Cc1cnc[nH]1)C(=O)O. The van der Waals surface area contributed by atoms with E-state index in [1.54, 1.807) is 0 Å². The number of hydrogen-bond donors (Lipinski definition) is 7. The highest BCUT2D eigenvalue weighted by Crippen LogP contribution is 2.10. The van der Waals surface area contributed by atoms with Crippen molar-refractivity contribution in [2.24, 2.45) is 5.73 Å². The van der Waals surface area contributed by atoms with Crippen LogP contribution in [-0.2, 0) is 30.4 Å². The Bertz CT molecular complexity index is 832. The summed E-state index contributed by atoms with van der Waals surface area (Å²) in [6, 6.07) is -1.19. The van der Waals surface area contributed by atoms with Crippen LogP contribution in [0.4, 0.5) is 0 Å². The van der Waals surface area contributed by atoms with Gasteiger partial charge in [-0.25, -0.2) is 9.78 Å². The number of H-pyrrole nitrogens is 1. The average Bonchev–Trinajstić information content (AvgIpc) is 3.38. The molecule has 1 aromatic heterocycles. The predicted molar refractivity (Wildman–Crippen MR) is 136 cm³/mol. The highest BCUT2D eigenvalue weighted by molar-refractivity contribution is 5.91. The molecule has 1 unspecified atom stereocenters. The molecule has 13 heteroatoms. The lowest BCUT2D eigenvalue weighted by molar-refractivity contribution is -0.141. The monoisotopic (exact) mass is 523 g/mol. The van der Waals surface area contributed by atoms with E-state index in [1.807, 2.05) is 0 Å². The number of aromatic amines is 1. The van der Waals surface area contributed by atoms with Crippen LogP contribution < -0.4 is 27.0 Å². The molecule has 1 heterocycles. The van der Waals surface area contributed by atoms with Gasteiger partial charge in [0.2, 0.25) is 23.6 Å². The molecule has 208 valence electrons. The molecule has 1 atom stereocenters. The molecule has 0 bridgehead atoms. The van der Waals surface area contributed by atoms with Crippen LogP contribution in [0.1, 0.15) is 69.9 Å². The van der Waals surface area contributed by atoms with E-state index in [2.05, 4.69) is 31.2 Å². The van der Waals surface area contributed by atoms with Gasteiger partial charge in [-0.15, -0.1) is 0 Å². The van der Waals surface area contributed by atoms with Gasteiger partial charge in [0.15, 0.2) is 0 Å². The van der Waals surface area contributed by atoms with E-state index >= 15 is 0 Å². The van der Waals surface area contributed by atoms with Crippen LogP contribution in [0.15, 0.2) is 12.5 Å². The number of carboxylic acids is 1. The van der Waals surface area contributed by atoms with Crippen molar-refractivity contribution in [3.63, 3.8) is 0 Å². The number of carbonyl (C=O) groups excluding carboxylic acids is 4. The number of nitrogens with one attached hydrogen (secondary N) is 5. The lowest BCUT2D eigenvalue weighted by Crippen LogP contribution is -2.48. The Kier molecular flexibility index (Phi) is 16.8. The Morgan fingerprint density at radius 1 is 0.784 bits per heavy atom. The molecule has 0 aliphatic heterocycles. The topological polar surface area (TPSA) is 208 Å². The van der Waals surface area contributed by atoms with Gasteiger partial charge in [0, 0.05) is 24.7 Å². The van der Waals surface area contributed by atoms with Crippen LogP contribution in [0.5, 0.6) is 0 Å². The molecule has 0 fully saturated rings. The van der Waals surface area contributed by atoms with Gasteiger partial charge in [0.25, 0.3) is 0 Å². The maximum absolute atomic E-state index is 12.0. The molecule has 0 aromatic carbocycles. The molecule has 1 aromatic rings. The Morgan fingerprint density at radius 2 is 1.30 bits per heavy atom. The minimum atomic E-state index is -1.23. The normalized spacial score (nSPS) is 11.4. The van der Waals surface area contributed by atoms with Crippen LogP contribution in [0.25, 0.3) is 0 Å². The second kappa shape index (κ2) is 19.7. The number of carboxylic acid groups (broad SMARTS) is 1. The first kappa shape index (κ1) is 31.5. The summed E-state index contributed by atoms with van der Waals surface area (Å²) in [5, 5.41) is 18.7. The maximum atomic E-state index is 12.0. The number of aliphatic carboxylic acids is 1. The highest BCUT2D eigenvalue weighted by atomic mass is 16.4. The van der Waals surface area contributed by atoms with Crippen molar-refractivity contribution in [1.82, 2.24) is 31.2 Å². The number of unbranched alkanes of at least 4 members (excludes halogenated alkanes) is 8. The molecule has 13 nitrogen and oxygen atoms in total. The third-order valence-electron chi connectivity index (χ3n) is 5.56. The molecule has 0 spiro atoms. The average molecular weight is 524 g/mol. The van der Waals surface area contributed by atoms with Crippen molar-refractivity contribution in [2.45, 2.75) is 76.7 Å². The second-order valence-electron chi connectivity index (χ2n) is 8.79. The van der Waals surface area contributed by atoms with E-state index in [4.69, 9.17) is 5.73 Å². The molecule has 1 rings (SSSR count). The first-order valence-corrected chi connectivity index (χ1v) is 12.8. The molecule has 0 saturated heterocycles. The van der Waals surface area contributed by atoms with Crippen LogP contribution >= 0.6 is 0 Å². The molecule has 0 aliphatic carbocycles. The fraction of sp³-hybridized carbons (Fsp3) is 0.667. The first-order chi connectivity index (χ1) is 17.8. The molecule has 0 aliphatic rings. The standard InChI is InChI=1S/C24H41N7O6/c25-11-9-7-5-3-1-2-4-6-8-10-20(32)27-14-21(33)28-15-22(34)29-16-23(35)31-19(24(36)37)12-18-13-26-17-30-18/h13,17,19H,1-12,14-16,25H2,(H,26,30)(H,27,32)(H,28,33)(H,29,34)(H,31,35)(H,36,37). The molecule has 37 heavy (non-hydrogen) atoms. The van der Waals surface area contributed by atoms with Gasteiger partial charge in [-0.3, -0.25) is 19.2 Å². The third-order valence-corrected chi connectivity index (χ3v) is 5.56. The summed E-state index contributed by atoms with van der Waals surface area (Å²) in [7, 11) is 0. The second-order valence-corrected chi connectivity index (χ2v) is 8.79. The Hall–Kier alpha value is -3.48. The fourth-order valence-electron chi connectivity index (χ4n) is 3.48. The van der Waals surface area contributed by atoms with Gasteiger partial charge in [0.1, 0.15) is 6.04 Å². The molecule has 8 N–H and O–H groups in total. The summed E-state index contributed by atoms with van der Waals surface area (Å²) in [6.45, 7) is -0.327. The summed E-state index contributed by atoms with van der Waals surface area (Å²) in [4.78, 5) is 65.4. The maximum Gasteiger partial charge on any atom is 0.326 e. The lowest BCUT2D eigenvalue weighted by atomic mass is 10.1. The van der Waals surface area contributed by atoms with Gasteiger partial charge in [-0.1, -0.05) is 44.9 Å². The molecule has 0 radical (unpaired) electrons. The van der Waals surface area contributed by atoms with Gasteiger partial charge >= 0.3 is 5.97 Å². The van der Waals surface area contributed by atoms with E-state index in [0.717, 1.165) is 38.6 Å². The van der Waals surface area contributed by atoms with Gasteiger partial charge in [0.05, 0.1) is 26.0 Å². The zero-order valence-electron chi connectivity index (χ0n) is 21.4. The number of nitrogens with zero attached hydrogens (tertiary/aromatic N) is 1. The number of amides is 4. The van der Waals surface area contributed by atoms with Gasteiger partial charge in [-0.05, 0) is 19.4 Å². The number of nitrogens with two attached hydrogens (primary N) is 1. The fourth-order valence-corrected chi connectivity index (χ4v) is 3.48. The third kappa shape index (κ3) is 16.8. The van der Waals surface area contributed by atoms with Gasteiger partial charge in [-0.2, -0.15) is 0 Å². The Labute approximate surface area is 217 Å². The summed E-state index contributed by atoms with van der Waals surface area (Å²) >= 11 is 0. The van der Waals surface area contributed by atoms with E-state index in [9.17, 15) is 29.1 Å².